The van der Waals surface area contributed by atoms with Gasteiger partial charge in [0.1, 0.15) is 11.5 Å². The van der Waals surface area contributed by atoms with E-state index in [9.17, 15) is 14.7 Å². The van der Waals surface area contributed by atoms with Crippen molar-refractivity contribution in [3.8, 4) is 11.5 Å². The summed E-state index contributed by atoms with van der Waals surface area (Å²) in [6, 6.07) is 8.91. The third-order valence-electron chi connectivity index (χ3n) is 2.61. The molecule has 5 nitrogen and oxygen atoms in total. The predicted molar refractivity (Wildman–Crippen MR) is 66.6 cm³/mol. The molecule has 0 radical (unpaired) electrons. The van der Waals surface area contributed by atoms with Gasteiger partial charge in [0, 0.05) is 11.1 Å². The van der Waals surface area contributed by atoms with E-state index < -0.39 is 11.8 Å². The number of carboxylic acid groups (broad SMARTS) is 1. The van der Waals surface area contributed by atoms with Crippen LogP contribution in [0.25, 0.3) is 0 Å². The standard InChI is InChI=1S/C14H10O5/c15-9-3-1-8(2-4-9)13(17)12-7-10(16)5-6-11(12)14(18)19/h1-7,15-16H,(H,18,19). The Hall–Kier alpha value is -2.82. The minimum Gasteiger partial charge on any atom is -0.508 e. The van der Waals surface area contributed by atoms with E-state index in [0.29, 0.717) is 0 Å². The predicted octanol–water partition coefficient (Wildman–Crippen LogP) is 2.03. The van der Waals surface area contributed by atoms with E-state index in [1.165, 1.54) is 36.4 Å². The molecule has 0 heterocycles. The van der Waals surface area contributed by atoms with Crippen LogP contribution < -0.4 is 0 Å². The second-order valence-corrected chi connectivity index (χ2v) is 3.91. The first-order valence-corrected chi connectivity index (χ1v) is 5.39. The first-order valence-electron chi connectivity index (χ1n) is 5.39. The molecular formula is C14H10O5. The average molecular weight is 258 g/mol. The van der Waals surface area contributed by atoms with Crippen molar-refractivity contribution >= 4 is 11.8 Å². The van der Waals surface area contributed by atoms with Crippen molar-refractivity contribution in [1.29, 1.82) is 0 Å². The van der Waals surface area contributed by atoms with Crippen LogP contribution in [0.5, 0.6) is 11.5 Å². The Morgan fingerprint density at radius 3 is 1.95 bits per heavy atom. The van der Waals surface area contributed by atoms with Gasteiger partial charge in [-0.1, -0.05) is 0 Å². The number of aromatic carboxylic acids is 1. The summed E-state index contributed by atoms with van der Waals surface area (Å²) >= 11 is 0. The molecule has 2 aromatic carbocycles. The van der Waals surface area contributed by atoms with E-state index in [1.54, 1.807) is 0 Å². The fourth-order valence-electron chi connectivity index (χ4n) is 1.67. The summed E-state index contributed by atoms with van der Waals surface area (Å²) in [5.41, 5.74) is -0.0556. The molecule has 0 bridgehead atoms. The Morgan fingerprint density at radius 2 is 1.37 bits per heavy atom. The lowest BCUT2D eigenvalue weighted by atomic mass is 9.98. The minimum absolute atomic E-state index is 0.00548. The van der Waals surface area contributed by atoms with Crippen molar-refractivity contribution in [3.63, 3.8) is 0 Å². The highest BCUT2D eigenvalue weighted by Gasteiger charge is 2.18. The maximum atomic E-state index is 12.2. The zero-order valence-electron chi connectivity index (χ0n) is 9.70. The van der Waals surface area contributed by atoms with Gasteiger partial charge in [-0.05, 0) is 42.5 Å². The second-order valence-electron chi connectivity index (χ2n) is 3.91. The Labute approximate surface area is 108 Å². The van der Waals surface area contributed by atoms with Gasteiger partial charge in [0.05, 0.1) is 5.56 Å². The van der Waals surface area contributed by atoms with Crippen LogP contribution in [0.2, 0.25) is 0 Å². The SMILES string of the molecule is O=C(O)c1ccc(O)cc1C(=O)c1ccc(O)cc1. The Kier molecular flexibility index (Phi) is 3.20. The number of hydrogen-bond donors (Lipinski definition) is 3. The lowest BCUT2D eigenvalue weighted by molar-refractivity contribution is 0.0692. The topological polar surface area (TPSA) is 94.8 Å². The van der Waals surface area contributed by atoms with Crippen LogP contribution in [0.15, 0.2) is 42.5 Å². The first-order chi connectivity index (χ1) is 8.99. The smallest absolute Gasteiger partial charge is 0.336 e. The van der Waals surface area contributed by atoms with Crippen LogP contribution in [0.1, 0.15) is 26.3 Å². The summed E-state index contributed by atoms with van der Waals surface area (Å²) in [5.74, 6) is -1.96. The van der Waals surface area contributed by atoms with Crippen molar-refractivity contribution in [2.24, 2.45) is 0 Å². The summed E-state index contributed by atoms with van der Waals surface area (Å²) in [4.78, 5) is 23.2. The number of aromatic hydroxyl groups is 2. The molecule has 0 aromatic heterocycles. The number of phenolic OH excluding ortho intramolecular Hbond substituents is 2. The second kappa shape index (κ2) is 4.81. The molecule has 0 amide bonds. The number of carbonyl (C=O) groups excluding carboxylic acids is 1. The fraction of sp³-hybridized carbons (Fsp3) is 0. The van der Waals surface area contributed by atoms with Crippen molar-refractivity contribution in [2.75, 3.05) is 0 Å². The molecule has 0 aliphatic heterocycles. The Bertz CT molecular complexity index is 643. The molecule has 0 saturated heterocycles. The normalized spacial score (nSPS) is 10.1. The number of hydrogen-bond acceptors (Lipinski definition) is 4. The van der Waals surface area contributed by atoms with Crippen LogP contribution in [0.4, 0.5) is 0 Å². The fourth-order valence-corrected chi connectivity index (χ4v) is 1.67. The highest BCUT2D eigenvalue weighted by atomic mass is 16.4. The zero-order chi connectivity index (χ0) is 14.0. The average Bonchev–Trinajstić information content (AvgIpc) is 2.38. The number of rotatable bonds is 3. The zero-order valence-corrected chi connectivity index (χ0v) is 9.70. The molecule has 96 valence electrons. The molecule has 2 aromatic rings. The summed E-state index contributed by atoms with van der Waals surface area (Å²) in [6.45, 7) is 0. The van der Waals surface area contributed by atoms with Crippen molar-refractivity contribution in [3.05, 3.63) is 59.2 Å². The van der Waals surface area contributed by atoms with Gasteiger partial charge < -0.3 is 15.3 Å². The van der Waals surface area contributed by atoms with Crippen LogP contribution in [0.3, 0.4) is 0 Å². The van der Waals surface area contributed by atoms with Gasteiger partial charge in [-0.2, -0.15) is 0 Å². The lowest BCUT2D eigenvalue weighted by Crippen LogP contribution is -2.09. The summed E-state index contributed by atoms with van der Waals surface area (Å²) < 4.78 is 0. The quantitative estimate of drug-likeness (QED) is 0.732. The van der Waals surface area contributed by atoms with Gasteiger partial charge in [0.2, 0.25) is 0 Å². The minimum atomic E-state index is -1.25. The molecule has 5 heteroatoms. The molecule has 2 rings (SSSR count). The van der Waals surface area contributed by atoms with E-state index in [-0.39, 0.29) is 28.2 Å². The summed E-state index contributed by atoms with van der Waals surface area (Å²) in [7, 11) is 0. The largest absolute Gasteiger partial charge is 0.508 e. The Balaban J connectivity index is 2.51. The van der Waals surface area contributed by atoms with E-state index in [2.05, 4.69) is 0 Å². The highest BCUT2D eigenvalue weighted by molar-refractivity contribution is 6.14. The van der Waals surface area contributed by atoms with Crippen molar-refractivity contribution < 1.29 is 24.9 Å². The molecule has 0 saturated carbocycles. The van der Waals surface area contributed by atoms with E-state index in [4.69, 9.17) is 10.2 Å². The van der Waals surface area contributed by atoms with Gasteiger partial charge in [0.25, 0.3) is 0 Å². The lowest BCUT2D eigenvalue weighted by Gasteiger charge is -2.06. The number of carbonyl (C=O) groups is 2. The van der Waals surface area contributed by atoms with Crippen LogP contribution in [-0.2, 0) is 0 Å². The molecule has 0 unspecified atom stereocenters. The molecule has 3 N–H and O–H groups in total. The molecule has 0 aliphatic rings. The number of ketones is 1. The van der Waals surface area contributed by atoms with Crippen LogP contribution >= 0.6 is 0 Å². The number of benzene rings is 2. The molecule has 0 aliphatic carbocycles. The molecule has 0 atom stereocenters. The van der Waals surface area contributed by atoms with E-state index in [0.717, 1.165) is 6.07 Å². The van der Waals surface area contributed by atoms with Crippen molar-refractivity contribution in [2.45, 2.75) is 0 Å². The van der Waals surface area contributed by atoms with E-state index in [1.807, 2.05) is 0 Å². The number of carboxylic acids is 1. The third-order valence-corrected chi connectivity index (χ3v) is 2.61. The molecule has 0 fully saturated rings. The monoisotopic (exact) mass is 258 g/mol. The van der Waals surface area contributed by atoms with Gasteiger partial charge in [0.15, 0.2) is 5.78 Å². The van der Waals surface area contributed by atoms with Gasteiger partial charge in [-0.3, -0.25) is 4.79 Å². The first kappa shape index (κ1) is 12.6. The summed E-state index contributed by atoms with van der Waals surface area (Å²) in [5, 5.41) is 27.5. The van der Waals surface area contributed by atoms with Crippen LogP contribution in [-0.4, -0.2) is 27.1 Å². The van der Waals surface area contributed by atoms with Gasteiger partial charge >= 0.3 is 5.97 Å². The summed E-state index contributed by atoms with van der Waals surface area (Å²) in [6.07, 6.45) is 0. The van der Waals surface area contributed by atoms with Crippen LogP contribution in [0, 0.1) is 0 Å². The maximum Gasteiger partial charge on any atom is 0.336 e. The highest BCUT2D eigenvalue weighted by Crippen LogP contribution is 2.21. The molecular weight excluding hydrogens is 248 g/mol. The van der Waals surface area contributed by atoms with Crippen molar-refractivity contribution in [1.82, 2.24) is 0 Å². The maximum absolute atomic E-state index is 12.2. The Morgan fingerprint density at radius 1 is 0.789 bits per heavy atom. The molecule has 19 heavy (non-hydrogen) atoms. The van der Waals surface area contributed by atoms with E-state index >= 15 is 0 Å². The van der Waals surface area contributed by atoms with Gasteiger partial charge in [-0.15, -0.1) is 0 Å². The number of phenols is 2. The molecule has 0 spiro atoms. The third kappa shape index (κ3) is 2.55. The van der Waals surface area contributed by atoms with Gasteiger partial charge in [-0.25, -0.2) is 4.79 Å².